The Hall–Kier alpha value is -1.98. The van der Waals surface area contributed by atoms with E-state index in [0.717, 1.165) is 18.5 Å². The fraction of sp³-hybridized carbons (Fsp3) is 0.583. The van der Waals surface area contributed by atoms with Gasteiger partial charge in [0.05, 0.1) is 19.2 Å². The molecule has 1 saturated heterocycles. The van der Waals surface area contributed by atoms with Crippen LogP contribution in [0.1, 0.15) is 34.9 Å². The summed E-state index contributed by atoms with van der Waals surface area (Å²) in [7, 11) is 1.35. The number of hydrogen-bond acceptors (Lipinski definition) is 4. The van der Waals surface area contributed by atoms with E-state index in [4.69, 9.17) is 15.0 Å². The molecule has 1 aliphatic rings. The molecule has 0 aliphatic carbocycles. The summed E-state index contributed by atoms with van der Waals surface area (Å²) in [6.45, 7) is 1.64. The van der Waals surface area contributed by atoms with Crippen LogP contribution in [-0.2, 0) is 16.0 Å². The molecule has 0 unspecified atom stereocenters. The van der Waals surface area contributed by atoms with Crippen LogP contribution in [0.25, 0.3) is 10.4 Å². The molecule has 0 radical (unpaired) electrons. The molecule has 0 N–H and O–H groups in total. The Morgan fingerprint density at radius 2 is 2.37 bits per heavy atom. The Morgan fingerprint density at radius 1 is 1.63 bits per heavy atom. The topological polar surface area (TPSA) is 89.2 Å². The largest absolute Gasteiger partial charge is 0.465 e. The molecule has 7 heteroatoms. The highest BCUT2D eigenvalue weighted by atomic mass is 16.5. The zero-order valence-corrected chi connectivity index (χ0v) is 10.8. The molecule has 0 amide bonds. The monoisotopic (exact) mass is 264 g/mol. The van der Waals surface area contributed by atoms with Gasteiger partial charge in [-0.2, -0.15) is 0 Å². The smallest absolute Gasteiger partial charge is 0.339 e. The maximum absolute atomic E-state index is 11.6. The van der Waals surface area contributed by atoms with Crippen LogP contribution in [-0.4, -0.2) is 30.9 Å². The summed E-state index contributed by atoms with van der Waals surface area (Å²) in [5.41, 5.74) is 9.74. The van der Waals surface area contributed by atoms with Gasteiger partial charge in [0.1, 0.15) is 0 Å². The fourth-order valence-corrected chi connectivity index (χ4v) is 2.29. The van der Waals surface area contributed by atoms with Gasteiger partial charge in [0.15, 0.2) is 0 Å². The number of aromatic nitrogens is 1. The van der Waals surface area contributed by atoms with Crippen molar-refractivity contribution >= 4 is 5.97 Å². The second-order valence-corrected chi connectivity index (χ2v) is 4.35. The lowest BCUT2D eigenvalue weighted by molar-refractivity contribution is 0.0599. The summed E-state index contributed by atoms with van der Waals surface area (Å²) in [5.74, 6) is -0.381. The summed E-state index contributed by atoms with van der Waals surface area (Å²) >= 11 is 0. The van der Waals surface area contributed by atoms with Crippen LogP contribution in [0.15, 0.2) is 17.4 Å². The van der Waals surface area contributed by atoms with E-state index in [0.29, 0.717) is 18.8 Å². The van der Waals surface area contributed by atoms with Crippen LogP contribution in [0.4, 0.5) is 0 Å². The van der Waals surface area contributed by atoms with Crippen molar-refractivity contribution in [2.75, 3.05) is 20.3 Å². The minimum atomic E-state index is -0.381. The van der Waals surface area contributed by atoms with Crippen molar-refractivity contribution in [1.29, 1.82) is 0 Å². The number of rotatable bonds is 4. The van der Waals surface area contributed by atoms with E-state index in [2.05, 4.69) is 10.0 Å². The van der Waals surface area contributed by atoms with Crippen molar-refractivity contribution in [1.82, 2.24) is 4.57 Å². The summed E-state index contributed by atoms with van der Waals surface area (Å²) in [6, 6.07) is 1.99. The van der Waals surface area contributed by atoms with Crippen LogP contribution >= 0.6 is 0 Å². The summed E-state index contributed by atoms with van der Waals surface area (Å²) in [6.07, 6.45) is 3.54. The SMILES string of the molecule is COC(=O)c1cc(CN=[N+]=[N-])n(C2CCOCC2)c1. The predicted octanol–water partition coefficient (Wildman–Crippen LogP) is 2.44. The van der Waals surface area contributed by atoms with Crippen LogP contribution in [0.2, 0.25) is 0 Å². The van der Waals surface area contributed by atoms with Crippen molar-refractivity contribution in [3.05, 3.63) is 34.0 Å². The van der Waals surface area contributed by atoms with Crippen molar-refractivity contribution in [2.24, 2.45) is 5.11 Å². The van der Waals surface area contributed by atoms with Crippen LogP contribution < -0.4 is 0 Å². The van der Waals surface area contributed by atoms with Crippen LogP contribution in [0.3, 0.4) is 0 Å². The molecule has 1 aliphatic heterocycles. The highest BCUT2D eigenvalue weighted by Crippen LogP contribution is 2.25. The molecule has 0 spiro atoms. The Balaban J connectivity index is 2.29. The molecule has 0 bridgehead atoms. The molecule has 0 aromatic carbocycles. The molecule has 1 aromatic heterocycles. The lowest BCUT2D eigenvalue weighted by atomic mass is 10.1. The lowest BCUT2D eigenvalue weighted by Gasteiger charge is -2.25. The molecule has 102 valence electrons. The molecule has 2 rings (SSSR count). The van der Waals surface area contributed by atoms with E-state index in [1.54, 1.807) is 12.3 Å². The predicted molar refractivity (Wildman–Crippen MR) is 67.7 cm³/mol. The first-order chi connectivity index (χ1) is 9.26. The Kier molecular flexibility index (Phi) is 4.43. The third kappa shape index (κ3) is 3.07. The standard InChI is InChI=1S/C12H16N4O3/c1-18-12(17)9-6-11(7-14-15-13)16(8-9)10-2-4-19-5-3-10/h6,8,10H,2-5,7H2,1H3. The van der Waals surface area contributed by atoms with Gasteiger partial charge in [-0.3, -0.25) is 0 Å². The number of ether oxygens (including phenoxy) is 2. The van der Waals surface area contributed by atoms with E-state index in [9.17, 15) is 4.79 Å². The number of azide groups is 1. The quantitative estimate of drug-likeness (QED) is 0.362. The summed E-state index contributed by atoms with van der Waals surface area (Å²) in [4.78, 5) is 14.3. The van der Waals surface area contributed by atoms with Gasteiger partial charge in [-0.05, 0) is 24.4 Å². The minimum Gasteiger partial charge on any atom is -0.465 e. The number of carbonyl (C=O) groups is 1. The number of esters is 1. The van der Waals surface area contributed by atoms with Gasteiger partial charge in [0, 0.05) is 36.1 Å². The maximum atomic E-state index is 11.6. The maximum Gasteiger partial charge on any atom is 0.339 e. The zero-order chi connectivity index (χ0) is 13.7. The average molecular weight is 264 g/mol. The summed E-state index contributed by atoms with van der Waals surface area (Å²) < 4.78 is 12.1. The molecule has 0 atom stereocenters. The number of nitrogens with zero attached hydrogens (tertiary/aromatic N) is 4. The van der Waals surface area contributed by atoms with Gasteiger partial charge in [-0.1, -0.05) is 5.11 Å². The van der Waals surface area contributed by atoms with Crippen molar-refractivity contribution in [3.8, 4) is 0 Å². The van der Waals surface area contributed by atoms with Crippen LogP contribution in [0.5, 0.6) is 0 Å². The van der Waals surface area contributed by atoms with Gasteiger partial charge >= 0.3 is 5.97 Å². The normalized spacial score (nSPS) is 15.8. The van der Waals surface area contributed by atoms with E-state index in [1.165, 1.54) is 7.11 Å². The molecule has 19 heavy (non-hydrogen) atoms. The van der Waals surface area contributed by atoms with Crippen molar-refractivity contribution in [3.63, 3.8) is 0 Å². The van der Waals surface area contributed by atoms with E-state index < -0.39 is 0 Å². The molecule has 2 heterocycles. The minimum absolute atomic E-state index is 0.227. The molecular formula is C12H16N4O3. The first-order valence-corrected chi connectivity index (χ1v) is 6.14. The molecule has 1 fully saturated rings. The molecular weight excluding hydrogens is 248 g/mol. The average Bonchev–Trinajstić information content (AvgIpc) is 2.89. The Bertz CT molecular complexity index is 499. The van der Waals surface area contributed by atoms with Crippen LogP contribution in [0, 0.1) is 0 Å². The third-order valence-corrected chi connectivity index (χ3v) is 3.23. The van der Waals surface area contributed by atoms with Gasteiger partial charge in [0.2, 0.25) is 0 Å². The third-order valence-electron chi connectivity index (χ3n) is 3.23. The zero-order valence-electron chi connectivity index (χ0n) is 10.8. The van der Waals surface area contributed by atoms with Gasteiger partial charge in [-0.25, -0.2) is 4.79 Å². The first kappa shape index (κ1) is 13.5. The molecule has 1 aromatic rings. The number of methoxy groups -OCH3 is 1. The lowest BCUT2D eigenvalue weighted by Crippen LogP contribution is -2.20. The van der Waals surface area contributed by atoms with Gasteiger partial charge < -0.3 is 14.0 Å². The Morgan fingerprint density at radius 3 is 3.00 bits per heavy atom. The first-order valence-electron chi connectivity index (χ1n) is 6.14. The highest BCUT2D eigenvalue weighted by Gasteiger charge is 2.20. The molecule has 7 nitrogen and oxygen atoms in total. The highest BCUT2D eigenvalue weighted by molar-refractivity contribution is 5.89. The van der Waals surface area contributed by atoms with Crippen molar-refractivity contribution in [2.45, 2.75) is 25.4 Å². The number of carbonyl (C=O) groups excluding carboxylic acids is 1. The van der Waals surface area contributed by atoms with E-state index in [-0.39, 0.29) is 18.6 Å². The van der Waals surface area contributed by atoms with Gasteiger partial charge in [0.25, 0.3) is 0 Å². The van der Waals surface area contributed by atoms with E-state index in [1.807, 2.05) is 4.57 Å². The van der Waals surface area contributed by atoms with Gasteiger partial charge in [-0.15, -0.1) is 0 Å². The fourth-order valence-electron chi connectivity index (χ4n) is 2.29. The Labute approximate surface area is 110 Å². The second kappa shape index (κ2) is 6.26. The summed E-state index contributed by atoms with van der Waals surface area (Å²) in [5, 5.41) is 3.57. The van der Waals surface area contributed by atoms with E-state index >= 15 is 0 Å². The number of hydrogen-bond donors (Lipinski definition) is 0. The second-order valence-electron chi connectivity index (χ2n) is 4.35. The molecule has 0 saturated carbocycles. The van der Waals surface area contributed by atoms with Crippen molar-refractivity contribution < 1.29 is 14.3 Å².